The van der Waals surface area contributed by atoms with Crippen molar-refractivity contribution in [1.82, 2.24) is 10.2 Å². The minimum Gasteiger partial charge on any atom is -0.481 e. The lowest BCUT2D eigenvalue weighted by Gasteiger charge is -2.25. The van der Waals surface area contributed by atoms with Crippen molar-refractivity contribution in [2.24, 2.45) is 4.99 Å². The second kappa shape index (κ2) is 12.3. The van der Waals surface area contributed by atoms with Gasteiger partial charge in [-0.3, -0.25) is 14.5 Å². The van der Waals surface area contributed by atoms with Gasteiger partial charge < -0.3 is 19.9 Å². The topological polar surface area (TPSA) is 135 Å². The first-order valence-electron chi connectivity index (χ1n) is 8.72. The zero-order chi connectivity index (χ0) is 23.6. The highest BCUT2D eigenvalue weighted by atomic mass is 32.2. The van der Waals surface area contributed by atoms with Crippen LogP contribution in [0.1, 0.15) is 55.4 Å². The van der Waals surface area contributed by atoms with E-state index in [4.69, 9.17) is 19.4 Å². The van der Waals surface area contributed by atoms with Crippen LogP contribution in [0, 0.1) is 0 Å². The number of amides is 3. The molecule has 3 amide bonds. The molecule has 0 saturated carbocycles. The molecule has 1 atom stereocenters. The van der Waals surface area contributed by atoms with Crippen molar-refractivity contribution in [3.05, 3.63) is 0 Å². The lowest BCUT2D eigenvalue weighted by Crippen LogP contribution is -2.42. The van der Waals surface area contributed by atoms with Gasteiger partial charge in [0.15, 0.2) is 5.17 Å². The number of nitrogens with one attached hydrogen (secondary N) is 1. The van der Waals surface area contributed by atoms with Crippen LogP contribution in [0.4, 0.5) is 9.59 Å². The Labute approximate surface area is 176 Å². The number of carbonyl (C=O) groups excluding carboxylic acids is 3. The van der Waals surface area contributed by atoms with E-state index in [0.717, 1.165) is 23.6 Å². The zero-order valence-corrected chi connectivity index (χ0v) is 19.6. The molecule has 10 nitrogen and oxygen atoms in total. The third-order valence-electron chi connectivity index (χ3n) is 2.45. The first kappa shape index (κ1) is 28.9. The van der Waals surface area contributed by atoms with E-state index in [1.54, 1.807) is 47.8 Å². The van der Waals surface area contributed by atoms with Crippen molar-refractivity contribution < 1.29 is 33.8 Å². The highest BCUT2D eigenvalue weighted by Crippen LogP contribution is 2.13. The van der Waals surface area contributed by atoms with Crippen LogP contribution >= 0.6 is 11.8 Å². The van der Waals surface area contributed by atoms with Gasteiger partial charge in [-0.2, -0.15) is 4.99 Å². The monoisotopic (exact) mass is 435 g/mol. The van der Waals surface area contributed by atoms with Gasteiger partial charge in [0.1, 0.15) is 17.2 Å². The number of carboxylic acid groups (broad SMARTS) is 1. The third-order valence-corrected chi connectivity index (χ3v) is 3.18. The van der Waals surface area contributed by atoms with E-state index in [-0.39, 0.29) is 5.17 Å². The molecule has 0 heterocycles. The van der Waals surface area contributed by atoms with Gasteiger partial charge in [0, 0.05) is 14.0 Å². The fourth-order valence-electron chi connectivity index (χ4n) is 1.40. The van der Waals surface area contributed by atoms with Crippen molar-refractivity contribution in [3.8, 4) is 0 Å². The van der Waals surface area contributed by atoms with E-state index >= 15 is 0 Å². The summed E-state index contributed by atoms with van der Waals surface area (Å²) >= 11 is 1.12. The number of amidine groups is 1. The molecule has 0 spiro atoms. The highest BCUT2D eigenvalue weighted by Gasteiger charge is 2.25. The number of nitrogens with zero attached hydrogens (tertiary/aromatic N) is 2. The van der Waals surface area contributed by atoms with E-state index in [1.165, 1.54) is 14.0 Å². The van der Waals surface area contributed by atoms with Crippen molar-refractivity contribution in [2.75, 3.05) is 13.3 Å². The van der Waals surface area contributed by atoms with Gasteiger partial charge in [0.2, 0.25) is 0 Å². The van der Waals surface area contributed by atoms with Gasteiger partial charge >= 0.3 is 12.2 Å². The summed E-state index contributed by atoms with van der Waals surface area (Å²) in [5, 5.41) is 9.99. The summed E-state index contributed by atoms with van der Waals surface area (Å²) in [6, 6.07) is -0.899. The minimum atomic E-state index is -0.899. The Morgan fingerprint density at radius 3 is 1.79 bits per heavy atom. The third kappa shape index (κ3) is 16.4. The van der Waals surface area contributed by atoms with Crippen LogP contribution in [-0.2, 0) is 19.1 Å². The SMILES string of the molecule is CC(=O)O.CS/C(=N\C(=O)[C@H](C)NC(=O)OC(C)(C)C)N(C)C(=O)OC(C)(C)C. The number of hydrogen-bond donors (Lipinski definition) is 2. The lowest BCUT2D eigenvalue weighted by atomic mass is 10.2. The van der Waals surface area contributed by atoms with Crippen molar-refractivity contribution in [3.63, 3.8) is 0 Å². The highest BCUT2D eigenvalue weighted by molar-refractivity contribution is 8.13. The molecule has 168 valence electrons. The molecule has 0 rings (SSSR count). The van der Waals surface area contributed by atoms with Crippen LogP contribution in [-0.4, -0.2) is 69.8 Å². The Bertz CT molecular complexity index is 618. The number of rotatable bonds is 2. The number of ether oxygens (including phenoxy) is 2. The van der Waals surface area contributed by atoms with Gasteiger partial charge in [0.05, 0.1) is 0 Å². The fourth-order valence-corrected chi connectivity index (χ4v) is 1.93. The van der Waals surface area contributed by atoms with E-state index < -0.39 is 41.3 Å². The number of thioether (sulfide) groups is 1. The Morgan fingerprint density at radius 1 is 1.03 bits per heavy atom. The van der Waals surface area contributed by atoms with Crippen LogP contribution < -0.4 is 5.32 Å². The first-order chi connectivity index (χ1) is 12.9. The van der Waals surface area contributed by atoms with Crippen LogP contribution in [0.25, 0.3) is 0 Å². The molecule has 29 heavy (non-hydrogen) atoms. The number of alkyl carbamates (subject to hydrolysis) is 1. The van der Waals surface area contributed by atoms with Crippen LogP contribution in [0.2, 0.25) is 0 Å². The Kier molecular flexibility index (Phi) is 12.3. The van der Waals surface area contributed by atoms with Gasteiger partial charge in [-0.25, -0.2) is 9.59 Å². The van der Waals surface area contributed by atoms with Gasteiger partial charge in [-0.05, 0) is 54.7 Å². The van der Waals surface area contributed by atoms with Crippen molar-refractivity contribution >= 4 is 41.0 Å². The molecule has 0 aliphatic carbocycles. The summed E-state index contributed by atoms with van der Waals surface area (Å²) in [4.78, 5) is 50.0. The fraction of sp³-hybridized carbons (Fsp3) is 0.722. The maximum atomic E-state index is 12.2. The normalized spacial score (nSPS) is 12.7. The number of aliphatic imine (C=N–C) groups is 1. The average molecular weight is 436 g/mol. The summed E-state index contributed by atoms with van der Waals surface area (Å²) in [6.07, 6.45) is 0.342. The number of carbonyl (C=O) groups is 4. The van der Waals surface area contributed by atoms with E-state index in [9.17, 15) is 14.4 Å². The number of hydrogen-bond acceptors (Lipinski definition) is 7. The van der Waals surface area contributed by atoms with E-state index in [0.29, 0.717) is 0 Å². The molecule has 0 aromatic carbocycles. The molecule has 0 saturated heterocycles. The Balaban J connectivity index is 0. The molecule has 2 N–H and O–H groups in total. The number of carboxylic acids is 1. The molecule has 0 unspecified atom stereocenters. The molecule has 0 aromatic heterocycles. The molecule has 0 aliphatic heterocycles. The molecular formula is C18H33N3O7S. The van der Waals surface area contributed by atoms with Crippen LogP contribution in [0.3, 0.4) is 0 Å². The maximum Gasteiger partial charge on any atom is 0.416 e. The standard InChI is InChI=1S/C16H29N3O5S.C2H4O2/c1-10(17-13(21)23-15(2,3)4)11(20)18-12(25-9)19(8)14(22)24-16(5,6)7;1-2(3)4/h10H,1-9H3,(H,17,21);1H3,(H,3,4)/b18-12-;/t10-;/m0./s1. The molecule has 0 aliphatic rings. The van der Waals surface area contributed by atoms with Crippen LogP contribution in [0.5, 0.6) is 0 Å². The summed E-state index contributed by atoms with van der Waals surface area (Å²) in [5.41, 5.74) is -1.33. The largest absolute Gasteiger partial charge is 0.481 e. The first-order valence-corrected chi connectivity index (χ1v) is 9.94. The van der Waals surface area contributed by atoms with E-state index in [2.05, 4.69) is 10.3 Å². The predicted molar refractivity (Wildman–Crippen MR) is 112 cm³/mol. The summed E-state index contributed by atoms with van der Waals surface area (Å²) in [5.74, 6) is -1.44. The lowest BCUT2D eigenvalue weighted by molar-refractivity contribution is -0.134. The quantitative estimate of drug-likeness (QED) is 0.499. The van der Waals surface area contributed by atoms with E-state index in [1.807, 2.05) is 0 Å². The van der Waals surface area contributed by atoms with Crippen molar-refractivity contribution in [2.45, 2.75) is 72.6 Å². The Hall–Kier alpha value is -2.30. The Morgan fingerprint density at radius 2 is 1.45 bits per heavy atom. The summed E-state index contributed by atoms with van der Waals surface area (Å²) in [6.45, 7) is 13.0. The zero-order valence-electron chi connectivity index (χ0n) is 18.8. The number of aliphatic carboxylic acids is 1. The maximum absolute atomic E-state index is 12.2. The van der Waals surface area contributed by atoms with Crippen molar-refractivity contribution in [1.29, 1.82) is 0 Å². The summed E-state index contributed by atoms with van der Waals surface area (Å²) in [7, 11) is 1.46. The average Bonchev–Trinajstić information content (AvgIpc) is 2.47. The molecular weight excluding hydrogens is 402 g/mol. The van der Waals surface area contributed by atoms with Gasteiger partial charge in [-0.1, -0.05) is 11.8 Å². The molecule has 0 radical (unpaired) electrons. The smallest absolute Gasteiger partial charge is 0.416 e. The molecule has 0 aromatic rings. The molecule has 0 fully saturated rings. The molecule has 0 bridgehead atoms. The van der Waals surface area contributed by atoms with Crippen LogP contribution in [0.15, 0.2) is 4.99 Å². The van der Waals surface area contributed by atoms with Gasteiger partial charge in [-0.15, -0.1) is 0 Å². The second-order valence-corrected chi connectivity index (χ2v) is 8.64. The second-order valence-electron chi connectivity index (χ2n) is 7.86. The summed E-state index contributed by atoms with van der Waals surface area (Å²) < 4.78 is 10.3. The van der Waals surface area contributed by atoms with Gasteiger partial charge in [0.25, 0.3) is 11.9 Å². The minimum absolute atomic E-state index is 0.164. The molecule has 11 heteroatoms. The predicted octanol–water partition coefficient (Wildman–Crippen LogP) is 3.10.